The number of nitrogens with one attached hydrogen (secondary N) is 1. The van der Waals surface area contributed by atoms with E-state index in [4.69, 9.17) is 20.3 Å². The molecule has 1 atom stereocenters. The van der Waals surface area contributed by atoms with Crippen LogP contribution in [0.1, 0.15) is 23.9 Å². The highest BCUT2D eigenvalue weighted by atomic mass is 31.2. The quantitative estimate of drug-likeness (QED) is 0.150. The van der Waals surface area contributed by atoms with Crippen molar-refractivity contribution >= 4 is 7.82 Å². The minimum Gasteiger partial charge on any atom is -0.488 e. The lowest BCUT2D eigenvalue weighted by atomic mass is 10.0. The summed E-state index contributed by atoms with van der Waals surface area (Å²) in [6.45, 7) is 0.384. The Morgan fingerprint density at radius 3 is 2.21 bits per heavy atom. The fourth-order valence-electron chi connectivity index (χ4n) is 3.71. The Labute approximate surface area is 220 Å². The molecular formula is C26H24F4N3O5P. The predicted octanol–water partition coefficient (Wildman–Crippen LogP) is 5.76. The molecule has 1 heterocycles. The van der Waals surface area contributed by atoms with Crippen molar-refractivity contribution in [2.24, 2.45) is 5.73 Å². The number of aromatic nitrogens is 2. The summed E-state index contributed by atoms with van der Waals surface area (Å²) in [5.41, 5.74) is 5.03. The van der Waals surface area contributed by atoms with Crippen molar-refractivity contribution in [1.29, 1.82) is 0 Å². The van der Waals surface area contributed by atoms with Crippen LogP contribution in [0.3, 0.4) is 0 Å². The molecule has 8 nitrogen and oxygen atoms in total. The molecule has 0 saturated carbocycles. The summed E-state index contributed by atoms with van der Waals surface area (Å²) in [5, 5.41) is 0. The third-order valence-electron chi connectivity index (χ3n) is 5.75. The van der Waals surface area contributed by atoms with E-state index < -0.39 is 49.1 Å². The molecule has 3 aromatic carbocycles. The van der Waals surface area contributed by atoms with Gasteiger partial charge >= 0.3 is 14.0 Å². The lowest BCUT2D eigenvalue weighted by Crippen LogP contribution is -2.39. The van der Waals surface area contributed by atoms with Crippen LogP contribution in [0, 0.1) is 5.95 Å². The number of alkyl halides is 3. The van der Waals surface area contributed by atoms with Crippen LogP contribution in [0.15, 0.2) is 72.8 Å². The van der Waals surface area contributed by atoms with Crippen LogP contribution in [0.4, 0.5) is 17.6 Å². The Hall–Kier alpha value is -3.54. The Kier molecular flexibility index (Phi) is 7.97. The van der Waals surface area contributed by atoms with Crippen LogP contribution < -0.4 is 10.5 Å². The number of aromatic amines is 1. The number of phosphoric ester groups is 1. The molecule has 13 heteroatoms. The number of nitrogens with two attached hydrogens (primary N) is 1. The van der Waals surface area contributed by atoms with Gasteiger partial charge in [0.1, 0.15) is 23.9 Å². The number of hydrogen-bond acceptors (Lipinski definition) is 5. The molecule has 4 aromatic rings. The topological polar surface area (TPSA) is 131 Å². The average Bonchev–Trinajstić information content (AvgIpc) is 3.29. The van der Waals surface area contributed by atoms with Gasteiger partial charge in [-0.2, -0.15) is 17.6 Å². The van der Waals surface area contributed by atoms with Crippen LogP contribution in [0.5, 0.6) is 5.75 Å². The van der Waals surface area contributed by atoms with E-state index in [-0.39, 0.29) is 18.0 Å². The molecule has 0 radical (unpaired) electrons. The fourth-order valence-corrected chi connectivity index (χ4v) is 4.15. The SMILES string of the molecule is C[C@](N)(COP(=O)(O)O)c1nc(-c2ccc(OCc3ccc(-c4ccccc4)cc3)c(C(F)(F)F)c2)c(F)[nH]1. The van der Waals surface area contributed by atoms with Crippen molar-refractivity contribution in [2.75, 3.05) is 6.61 Å². The number of imidazole rings is 1. The Balaban J connectivity index is 1.55. The zero-order chi connectivity index (χ0) is 28.4. The van der Waals surface area contributed by atoms with Gasteiger partial charge in [0.25, 0.3) is 0 Å². The number of nitrogens with zero attached hydrogens (tertiary/aromatic N) is 1. The maximum Gasteiger partial charge on any atom is 0.469 e. The number of phosphoric acid groups is 1. The van der Waals surface area contributed by atoms with Gasteiger partial charge in [0.05, 0.1) is 17.7 Å². The first-order valence-electron chi connectivity index (χ1n) is 11.5. The molecule has 1 aromatic heterocycles. The second kappa shape index (κ2) is 10.9. The largest absolute Gasteiger partial charge is 0.488 e. The van der Waals surface area contributed by atoms with E-state index in [2.05, 4.69) is 14.5 Å². The van der Waals surface area contributed by atoms with E-state index in [1.165, 1.54) is 13.0 Å². The highest BCUT2D eigenvalue weighted by molar-refractivity contribution is 7.46. The van der Waals surface area contributed by atoms with Gasteiger partial charge in [-0.1, -0.05) is 54.6 Å². The van der Waals surface area contributed by atoms with E-state index in [0.717, 1.165) is 17.2 Å². The minimum atomic E-state index is -4.88. The maximum absolute atomic E-state index is 14.7. The van der Waals surface area contributed by atoms with Crippen molar-refractivity contribution in [1.82, 2.24) is 9.97 Å². The van der Waals surface area contributed by atoms with Crippen molar-refractivity contribution in [2.45, 2.75) is 25.2 Å². The normalized spacial score (nSPS) is 13.7. The van der Waals surface area contributed by atoms with Gasteiger partial charge in [-0.25, -0.2) is 9.55 Å². The molecule has 4 rings (SSSR count). The molecule has 206 valence electrons. The fraction of sp³-hybridized carbons (Fsp3) is 0.192. The third-order valence-corrected chi connectivity index (χ3v) is 6.21. The van der Waals surface area contributed by atoms with Crippen LogP contribution in [-0.2, 0) is 27.4 Å². The summed E-state index contributed by atoms with van der Waals surface area (Å²) >= 11 is 0. The van der Waals surface area contributed by atoms with Gasteiger partial charge in [-0.3, -0.25) is 4.52 Å². The summed E-state index contributed by atoms with van der Waals surface area (Å²) in [7, 11) is -4.88. The van der Waals surface area contributed by atoms with Gasteiger partial charge in [-0.15, -0.1) is 0 Å². The molecule has 39 heavy (non-hydrogen) atoms. The van der Waals surface area contributed by atoms with E-state index in [1.54, 1.807) is 12.1 Å². The Morgan fingerprint density at radius 2 is 1.59 bits per heavy atom. The second-order valence-electron chi connectivity index (χ2n) is 8.99. The van der Waals surface area contributed by atoms with Crippen molar-refractivity contribution in [3.05, 3.63) is 95.7 Å². The van der Waals surface area contributed by atoms with Crippen LogP contribution in [0.25, 0.3) is 22.4 Å². The van der Waals surface area contributed by atoms with Gasteiger partial charge in [0.15, 0.2) is 0 Å². The maximum atomic E-state index is 14.7. The number of hydrogen-bond donors (Lipinski definition) is 4. The first kappa shape index (κ1) is 28.5. The summed E-state index contributed by atoms with van der Waals surface area (Å²) in [5.74, 6) is -1.82. The van der Waals surface area contributed by atoms with Crippen molar-refractivity contribution in [3.8, 4) is 28.1 Å². The number of halogens is 4. The van der Waals surface area contributed by atoms with Crippen molar-refractivity contribution < 1.29 is 41.2 Å². The van der Waals surface area contributed by atoms with Crippen LogP contribution >= 0.6 is 7.82 Å². The smallest absolute Gasteiger partial charge is 0.469 e. The Morgan fingerprint density at radius 1 is 0.974 bits per heavy atom. The highest BCUT2D eigenvalue weighted by Gasteiger charge is 2.36. The van der Waals surface area contributed by atoms with Crippen molar-refractivity contribution in [3.63, 3.8) is 0 Å². The zero-order valence-corrected chi connectivity index (χ0v) is 21.3. The summed E-state index contributed by atoms with van der Waals surface area (Å²) in [6, 6.07) is 19.8. The minimum absolute atomic E-state index is 0.135. The summed E-state index contributed by atoms with van der Waals surface area (Å²) in [4.78, 5) is 23.9. The molecule has 0 aliphatic heterocycles. The summed E-state index contributed by atoms with van der Waals surface area (Å²) in [6.07, 6.45) is -4.82. The molecule has 0 aliphatic carbocycles. The number of rotatable bonds is 9. The second-order valence-corrected chi connectivity index (χ2v) is 10.2. The number of H-pyrrole nitrogens is 1. The lowest BCUT2D eigenvalue weighted by molar-refractivity contribution is -0.139. The summed E-state index contributed by atoms with van der Waals surface area (Å²) < 4.78 is 77.2. The molecule has 0 amide bonds. The first-order valence-corrected chi connectivity index (χ1v) is 13.0. The van der Waals surface area contributed by atoms with Gasteiger partial charge in [0, 0.05) is 5.56 Å². The predicted molar refractivity (Wildman–Crippen MR) is 135 cm³/mol. The zero-order valence-electron chi connectivity index (χ0n) is 20.4. The third kappa shape index (κ3) is 7.11. The molecule has 0 bridgehead atoms. The highest BCUT2D eigenvalue weighted by Crippen LogP contribution is 2.40. The lowest BCUT2D eigenvalue weighted by Gasteiger charge is -2.21. The van der Waals surface area contributed by atoms with E-state index in [0.29, 0.717) is 11.6 Å². The molecule has 0 aliphatic rings. The Bertz CT molecular complexity index is 1490. The number of ether oxygens (including phenoxy) is 1. The van der Waals surface area contributed by atoms with E-state index >= 15 is 0 Å². The number of benzene rings is 3. The molecule has 0 saturated heterocycles. The standard InChI is InChI=1S/C26H24F4N3O5P/c1-25(31,15-38-39(34,35)36)24-32-22(23(27)33-24)19-11-12-21(20(13-19)26(28,29)30)37-14-16-7-9-18(10-8-16)17-5-3-2-4-6-17/h2-13H,14-15,31H2,1H3,(H,32,33)(H2,34,35,36)/t25-/m0/s1. The molecule has 5 N–H and O–H groups in total. The first-order chi connectivity index (χ1) is 18.2. The van der Waals surface area contributed by atoms with Gasteiger partial charge in [-0.05, 0) is 41.8 Å². The molecule has 0 spiro atoms. The molecule has 0 unspecified atom stereocenters. The van der Waals surface area contributed by atoms with E-state index in [9.17, 15) is 22.1 Å². The van der Waals surface area contributed by atoms with Gasteiger partial charge < -0.3 is 25.2 Å². The monoisotopic (exact) mass is 565 g/mol. The van der Waals surface area contributed by atoms with Crippen LogP contribution in [0.2, 0.25) is 0 Å². The van der Waals surface area contributed by atoms with E-state index in [1.807, 2.05) is 42.5 Å². The molecular weight excluding hydrogens is 541 g/mol. The average molecular weight is 565 g/mol. The van der Waals surface area contributed by atoms with Gasteiger partial charge in [0.2, 0.25) is 5.95 Å². The molecule has 0 fully saturated rings. The van der Waals surface area contributed by atoms with Crippen LogP contribution in [-0.4, -0.2) is 26.4 Å².